The van der Waals surface area contributed by atoms with Crippen molar-refractivity contribution < 1.29 is 14.4 Å². The molecule has 28 heavy (non-hydrogen) atoms. The minimum absolute atomic E-state index is 0.0473. The summed E-state index contributed by atoms with van der Waals surface area (Å²) in [5.74, 6) is -0.239. The number of nitrogens with two attached hydrogens (primary N) is 1. The van der Waals surface area contributed by atoms with Gasteiger partial charge >= 0.3 is 0 Å². The fourth-order valence-electron chi connectivity index (χ4n) is 3.19. The standard InChI is InChI=1S/C18H31N7O3/c1-13(26)20-9-3-2-6-17-21-15(16(27)11-19)5-4-10-25-12-14(23-24-25)7-8-18(28)22-17/h12,15,17,21H,2-11,19H2,1H3,(H,20,26)(H,22,28)/t15-,17?/m0/s1. The zero-order valence-electron chi connectivity index (χ0n) is 16.4. The maximum atomic E-state index is 12.4. The fourth-order valence-corrected chi connectivity index (χ4v) is 3.19. The Kier molecular flexibility index (Phi) is 9.02. The van der Waals surface area contributed by atoms with Crippen LogP contribution in [0.1, 0.15) is 51.1 Å². The van der Waals surface area contributed by atoms with Gasteiger partial charge in [-0.25, -0.2) is 0 Å². The van der Waals surface area contributed by atoms with Crippen molar-refractivity contribution in [2.45, 2.75) is 70.6 Å². The van der Waals surface area contributed by atoms with E-state index in [4.69, 9.17) is 5.73 Å². The van der Waals surface area contributed by atoms with Crippen molar-refractivity contribution in [2.24, 2.45) is 5.73 Å². The smallest absolute Gasteiger partial charge is 0.221 e. The number of hydrogen-bond acceptors (Lipinski definition) is 7. The van der Waals surface area contributed by atoms with Crippen molar-refractivity contribution in [1.29, 1.82) is 0 Å². The lowest BCUT2D eigenvalue weighted by Gasteiger charge is -2.26. The topological polar surface area (TPSA) is 144 Å². The molecule has 10 nitrogen and oxygen atoms in total. The molecule has 1 aromatic rings. The van der Waals surface area contributed by atoms with E-state index in [-0.39, 0.29) is 30.3 Å². The molecule has 0 radical (unpaired) electrons. The molecule has 0 fully saturated rings. The average Bonchev–Trinajstić information content (AvgIpc) is 3.11. The SMILES string of the molecule is CC(=O)NCCCCC1NC(=O)CCc2cn(nn2)CCC[C@@H](C(=O)CN)N1. The van der Waals surface area contributed by atoms with Crippen molar-refractivity contribution in [3.63, 3.8) is 0 Å². The first-order valence-electron chi connectivity index (χ1n) is 9.89. The minimum atomic E-state index is -0.422. The Balaban J connectivity index is 2.00. The number of carbonyl (C=O) groups is 3. The number of hydrogen-bond donors (Lipinski definition) is 4. The first kappa shape index (κ1) is 22.0. The van der Waals surface area contributed by atoms with Crippen LogP contribution in [0.2, 0.25) is 0 Å². The van der Waals surface area contributed by atoms with Crippen molar-refractivity contribution in [2.75, 3.05) is 13.1 Å². The number of aromatic nitrogens is 3. The molecule has 5 N–H and O–H groups in total. The molecule has 2 atom stereocenters. The molecule has 0 spiro atoms. The van der Waals surface area contributed by atoms with Crippen LogP contribution in [0.3, 0.4) is 0 Å². The number of rotatable bonds is 7. The van der Waals surface area contributed by atoms with E-state index in [2.05, 4.69) is 26.3 Å². The summed E-state index contributed by atoms with van der Waals surface area (Å²) in [6.07, 6.45) is 5.95. The third kappa shape index (κ3) is 7.73. The van der Waals surface area contributed by atoms with Crippen LogP contribution in [0.4, 0.5) is 0 Å². The van der Waals surface area contributed by atoms with Gasteiger partial charge < -0.3 is 16.4 Å². The summed E-state index contributed by atoms with van der Waals surface area (Å²) >= 11 is 0. The molecule has 1 unspecified atom stereocenters. The molecule has 0 aliphatic carbocycles. The number of Topliss-reactive ketones (excluding diaryl/α,β-unsaturated/α-hetero) is 1. The molecule has 1 aliphatic rings. The highest BCUT2D eigenvalue weighted by molar-refractivity contribution is 5.85. The predicted molar refractivity (Wildman–Crippen MR) is 103 cm³/mol. The number of amides is 2. The number of ketones is 1. The van der Waals surface area contributed by atoms with Crippen molar-refractivity contribution in [3.05, 3.63) is 11.9 Å². The molecular weight excluding hydrogens is 362 g/mol. The summed E-state index contributed by atoms with van der Waals surface area (Å²) in [6.45, 7) is 2.69. The van der Waals surface area contributed by atoms with E-state index in [1.165, 1.54) is 6.92 Å². The third-order valence-electron chi connectivity index (χ3n) is 4.70. The van der Waals surface area contributed by atoms with Gasteiger partial charge in [-0.3, -0.25) is 24.4 Å². The first-order valence-corrected chi connectivity index (χ1v) is 9.89. The summed E-state index contributed by atoms with van der Waals surface area (Å²) < 4.78 is 1.74. The molecule has 1 aromatic heterocycles. The van der Waals surface area contributed by atoms with Crippen LogP contribution >= 0.6 is 0 Å². The average molecular weight is 393 g/mol. The molecule has 1 aliphatic heterocycles. The molecular formula is C18H31N7O3. The second-order valence-corrected chi connectivity index (χ2v) is 7.10. The van der Waals surface area contributed by atoms with E-state index in [1.807, 2.05) is 6.20 Å². The first-order chi connectivity index (χ1) is 13.5. The predicted octanol–water partition coefficient (Wildman–Crippen LogP) is -0.761. The molecule has 0 aromatic carbocycles. The Bertz CT molecular complexity index is 661. The highest BCUT2D eigenvalue weighted by Crippen LogP contribution is 2.08. The van der Waals surface area contributed by atoms with Gasteiger partial charge in [-0.15, -0.1) is 5.10 Å². The third-order valence-corrected chi connectivity index (χ3v) is 4.70. The van der Waals surface area contributed by atoms with Crippen molar-refractivity contribution >= 4 is 17.6 Å². The summed E-state index contributed by atoms with van der Waals surface area (Å²) in [7, 11) is 0. The fraction of sp³-hybridized carbons (Fsp3) is 0.722. The van der Waals surface area contributed by atoms with E-state index in [0.29, 0.717) is 38.8 Å². The van der Waals surface area contributed by atoms with Crippen LogP contribution < -0.4 is 21.7 Å². The zero-order valence-corrected chi connectivity index (χ0v) is 16.4. The Morgan fingerprint density at radius 2 is 2.18 bits per heavy atom. The molecule has 156 valence electrons. The molecule has 2 rings (SSSR count). The van der Waals surface area contributed by atoms with E-state index in [1.54, 1.807) is 4.68 Å². The van der Waals surface area contributed by atoms with Gasteiger partial charge in [-0.2, -0.15) is 0 Å². The van der Waals surface area contributed by atoms with Gasteiger partial charge in [0.2, 0.25) is 11.8 Å². The van der Waals surface area contributed by atoms with Gasteiger partial charge in [0.05, 0.1) is 24.4 Å². The largest absolute Gasteiger partial charge is 0.356 e. The van der Waals surface area contributed by atoms with E-state index < -0.39 is 6.04 Å². The molecule has 2 heterocycles. The molecule has 0 saturated carbocycles. The van der Waals surface area contributed by atoms with Crippen LogP contribution in [0.25, 0.3) is 0 Å². The molecule has 2 bridgehead atoms. The van der Waals surface area contributed by atoms with Gasteiger partial charge in [-0.05, 0) is 32.1 Å². The number of fused-ring (bicyclic) bond motifs is 2. The highest BCUT2D eigenvalue weighted by atomic mass is 16.2. The summed E-state index contributed by atoms with van der Waals surface area (Å²) in [5, 5.41) is 17.2. The van der Waals surface area contributed by atoms with Crippen LogP contribution in [-0.4, -0.2) is 57.9 Å². The van der Waals surface area contributed by atoms with E-state index >= 15 is 0 Å². The Morgan fingerprint density at radius 1 is 1.36 bits per heavy atom. The number of aryl methyl sites for hydroxylation is 2. The van der Waals surface area contributed by atoms with Crippen LogP contribution in [-0.2, 0) is 27.3 Å². The normalized spacial score (nSPS) is 21.0. The van der Waals surface area contributed by atoms with Gasteiger partial charge in [0.25, 0.3) is 0 Å². The van der Waals surface area contributed by atoms with Gasteiger partial charge in [0, 0.05) is 39.1 Å². The number of unbranched alkanes of at least 4 members (excludes halogenated alkanes) is 1. The van der Waals surface area contributed by atoms with Gasteiger partial charge in [0.1, 0.15) is 0 Å². The Labute approximate surface area is 165 Å². The van der Waals surface area contributed by atoms with E-state index in [9.17, 15) is 14.4 Å². The van der Waals surface area contributed by atoms with E-state index in [0.717, 1.165) is 25.0 Å². The molecule has 2 amide bonds. The number of nitrogens with one attached hydrogen (secondary N) is 3. The lowest BCUT2D eigenvalue weighted by molar-refractivity contribution is -0.124. The summed E-state index contributed by atoms with van der Waals surface area (Å²) in [5.41, 5.74) is 6.36. The monoisotopic (exact) mass is 393 g/mol. The highest BCUT2D eigenvalue weighted by Gasteiger charge is 2.22. The zero-order chi connectivity index (χ0) is 20.4. The van der Waals surface area contributed by atoms with Gasteiger partial charge in [0.15, 0.2) is 5.78 Å². The lowest BCUT2D eigenvalue weighted by Crippen LogP contribution is -2.53. The second kappa shape index (κ2) is 11.5. The lowest BCUT2D eigenvalue weighted by atomic mass is 10.0. The van der Waals surface area contributed by atoms with Crippen molar-refractivity contribution in [3.8, 4) is 0 Å². The van der Waals surface area contributed by atoms with Crippen molar-refractivity contribution in [1.82, 2.24) is 30.9 Å². The van der Waals surface area contributed by atoms with Crippen LogP contribution in [0.5, 0.6) is 0 Å². The number of carbonyl (C=O) groups excluding carboxylic acids is 3. The Hall–Kier alpha value is -2.33. The maximum absolute atomic E-state index is 12.4. The Morgan fingerprint density at radius 3 is 2.93 bits per heavy atom. The molecule has 10 heteroatoms. The molecule has 0 saturated heterocycles. The van der Waals surface area contributed by atoms with Crippen LogP contribution in [0.15, 0.2) is 6.20 Å². The minimum Gasteiger partial charge on any atom is -0.356 e. The van der Waals surface area contributed by atoms with Crippen LogP contribution in [0, 0.1) is 0 Å². The number of nitrogens with zero attached hydrogens (tertiary/aromatic N) is 3. The summed E-state index contributed by atoms with van der Waals surface area (Å²) in [4.78, 5) is 35.6. The maximum Gasteiger partial charge on any atom is 0.221 e. The van der Waals surface area contributed by atoms with Gasteiger partial charge in [-0.1, -0.05) is 5.21 Å². The second-order valence-electron chi connectivity index (χ2n) is 7.10. The quantitative estimate of drug-likeness (QED) is 0.446. The summed E-state index contributed by atoms with van der Waals surface area (Å²) in [6, 6.07) is -0.422.